The Morgan fingerprint density at radius 1 is 0.821 bits per heavy atom. The molecule has 5 rings (SSSR count). The maximum Gasteiger partial charge on any atom is 0.323 e. The smallest absolute Gasteiger partial charge is 0.323 e. The molecule has 0 aliphatic carbocycles. The highest BCUT2D eigenvalue weighted by atomic mass is 16.2. The van der Waals surface area contributed by atoms with Crippen LogP contribution in [0.5, 0.6) is 0 Å². The van der Waals surface area contributed by atoms with Crippen molar-refractivity contribution in [2.45, 2.75) is 19.4 Å². The van der Waals surface area contributed by atoms with Crippen LogP contribution in [0.3, 0.4) is 0 Å². The van der Waals surface area contributed by atoms with Crippen LogP contribution in [-0.2, 0) is 19.4 Å². The van der Waals surface area contributed by atoms with Gasteiger partial charge in [0.2, 0.25) is 0 Å². The maximum absolute atomic E-state index is 13.4. The highest BCUT2D eigenvalue weighted by Crippen LogP contribution is 2.30. The second-order valence-corrected chi connectivity index (χ2v) is 9.43. The van der Waals surface area contributed by atoms with Crippen LogP contribution in [0.4, 0.5) is 21.9 Å². The number of nitrogens with zero attached hydrogens (tertiary/aromatic N) is 2. The molecule has 0 atom stereocenters. The molecular formula is C32H29N5O2. The predicted molar refractivity (Wildman–Crippen MR) is 154 cm³/mol. The summed E-state index contributed by atoms with van der Waals surface area (Å²) in [6.45, 7) is 2.02. The Hall–Kier alpha value is -5.09. The molecule has 4 aromatic carbocycles. The number of nitrogens with one attached hydrogen (secondary N) is 3. The van der Waals surface area contributed by atoms with Gasteiger partial charge in [0.05, 0.1) is 17.2 Å². The molecular weight excluding hydrogens is 486 g/mol. The van der Waals surface area contributed by atoms with E-state index in [2.05, 4.69) is 45.1 Å². The minimum atomic E-state index is -0.435. The summed E-state index contributed by atoms with van der Waals surface area (Å²) in [5.74, 6) is -0.184. The van der Waals surface area contributed by atoms with E-state index in [4.69, 9.17) is 5.26 Å². The first-order valence-electron chi connectivity index (χ1n) is 12.9. The topological polar surface area (TPSA) is 97.3 Å². The number of urea groups is 1. The lowest BCUT2D eigenvalue weighted by Gasteiger charge is -2.32. The number of benzene rings is 4. The van der Waals surface area contributed by atoms with Crippen molar-refractivity contribution in [1.82, 2.24) is 5.32 Å². The number of carbonyl (C=O) groups is 2. The SMILES string of the molecule is N#Cc1ccc(NC(=O)Nc2ccc(N3CCc4ccccc4C3)c(C(=O)NCCc3ccccc3)c2)cc1. The quantitative estimate of drug-likeness (QED) is 0.293. The standard InChI is InChI=1S/C32H29N5O2/c33-21-24-10-12-27(13-11-24)35-32(39)36-28-14-15-30(37-19-17-25-8-4-5-9-26(25)22-37)29(20-28)31(38)34-18-16-23-6-2-1-3-7-23/h1-15,20H,16-19,22H2,(H,34,38)(H2,35,36,39). The van der Waals surface area contributed by atoms with E-state index in [1.165, 1.54) is 11.1 Å². The molecule has 194 valence electrons. The van der Waals surface area contributed by atoms with Gasteiger partial charge in [0.1, 0.15) is 0 Å². The lowest BCUT2D eigenvalue weighted by Crippen LogP contribution is -2.33. The summed E-state index contributed by atoms with van der Waals surface area (Å²) in [5, 5.41) is 17.6. The van der Waals surface area contributed by atoms with E-state index < -0.39 is 6.03 Å². The molecule has 1 aliphatic rings. The largest absolute Gasteiger partial charge is 0.366 e. The van der Waals surface area contributed by atoms with Crippen molar-refractivity contribution in [3.8, 4) is 6.07 Å². The van der Waals surface area contributed by atoms with E-state index in [0.717, 1.165) is 30.6 Å². The van der Waals surface area contributed by atoms with Crippen molar-refractivity contribution in [1.29, 1.82) is 5.26 Å². The monoisotopic (exact) mass is 515 g/mol. The first-order valence-corrected chi connectivity index (χ1v) is 12.9. The summed E-state index contributed by atoms with van der Waals surface area (Å²) >= 11 is 0. The summed E-state index contributed by atoms with van der Waals surface area (Å²) in [4.78, 5) is 28.3. The number of carbonyl (C=O) groups excluding carboxylic acids is 2. The summed E-state index contributed by atoms with van der Waals surface area (Å²) < 4.78 is 0. The third-order valence-corrected chi connectivity index (χ3v) is 6.78. The first kappa shape index (κ1) is 25.6. The zero-order valence-electron chi connectivity index (χ0n) is 21.5. The van der Waals surface area contributed by atoms with E-state index in [1.807, 2.05) is 48.5 Å². The normalized spacial score (nSPS) is 12.1. The molecule has 0 saturated carbocycles. The van der Waals surface area contributed by atoms with Crippen molar-refractivity contribution in [2.24, 2.45) is 0 Å². The molecule has 1 heterocycles. The second-order valence-electron chi connectivity index (χ2n) is 9.43. The molecule has 7 heteroatoms. The molecule has 0 saturated heterocycles. The highest BCUT2D eigenvalue weighted by molar-refractivity contribution is 6.04. The number of anilines is 3. The van der Waals surface area contributed by atoms with Gasteiger partial charge in [-0.05, 0) is 72.0 Å². The van der Waals surface area contributed by atoms with Gasteiger partial charge in [0.15, 0.2) is 0 Å². The average molecular weight is 516 g/mol. The number of rotatable bonds is 7. The lowest BCUT2D eigenvalue weighted by molar-refractivity contribution is 0.0954. The number of hydrogen-bond donors (Lipinski definition) is 3. The van der Waals surface area contributed by atoms with Crippen LogP contribution in [0.15, 0.2) is 97.1 Å². The molecule has 4 aromatic rings. The lowest BCUT2D eigenvalue weighted by atomic mass is 9.98. The molecule has 0 spiro atoms. The maximum atomic E-state index is 13.4. The van der Waals surface area contributed by atoms with Crippen LogP contribution < -0.4 is 20.9 Å². The third-order valence-electron chi connectivity index (χ3n) is 6.78. The summed E-state index contributed by atoms with van der Waals surface area (Å²) in [7, 11) is 0. The van der Waals surface area contributed by atoms with Crippen molar-refractivity contribution in [3.05, 3.63) is 125 Å². The third kappa shape index (κ3) is 6.43. The number of fused-ring (bicyclic) bond motifs is 1. The van der Waals surface area contributed by atoms with E-state index in [9.17, 15) is 9.59 Å². The fraction of sp³-hybridized carbons (Fsp3) is 0.156. The summed E-state index contributed by atoms with van der Waals surface area (Å²) in [6, 6.07) is 32.1. The molecule has 3 amide bonds. The van der Waals surface area contributed by atoms with Gasteiger partial charge in [-0.25, -0.2) is 4.79 Å². The summed E-state index contributed by atoms with van der Waals surface area (Å²) in [6.07, 6.45) is 1.63. The van der Waals surface area contributed by atoms with Crippen LogP contribution in [0.25, 0.3) is 0 Å². The molecule has 0 aromatic heterocycles. The van der Waals surface area contributed by atoms with Crippen LogP contribution >= 0.6 is 0 Å². The van der Waals surface area contributed by atoms with E-state index >= 15 is 0 Å². The van der Waals surface area contributed by atoms with Gasteiger partial charge in [0, 0.05) is 36.7 Å². The van der Waals surface area contributed by atoms with Crippen molar-refractivity contribution >= 4 is 29.0 Å². The zero-order chi connectivity index (χ0) is 27.0. The number of nitriles is 1. The molecule has 1 aliphatic heterocycles. The van der Waals surface area contributed by atoms with Gasteiger partial charge < -0.3 is 20.9 Å². The number of amides is 3. The van der Waals surface area contributed by atoms with Gasteiger partial charge >= 0.3 is 6.03 Å². The van der Waals surface area contributed by atoms with E-state index in [1.54, 1.807) is 30.3 Å². The molecule has 0 fully saturated rings. The van der Waals surface area contributed by atoms with Gasteiger partial charge in [0.25, 0.3) is 5.91 Å². The molecule has 0 unspecified atom stereocenters. The Morgan fingerprint density at radius 3 is 2.28 bits per heavy atom. The molecule has 39 heavy (non-hydrogen) atoms. The highest BCUT2D eigenvalue weighted by Gasteiger charge is 2.22. The van der Waals surface area contributed by atoms with Crippen molar-refractivity contribution in [3.63, 3.8) is 0 Å². The van der Waals surface area contributed by atoms with Crippen LogP contribution in [0.1, 0.15) is 32.6 Å². The van der Waals surface area contributed by atoms with E-state index in [-0.39, 0.29) is 5.91 Å². The Morgan fingerprint density at radius 2 is 1.51 bits per heavy atom. The van der Waals surface area contributed by atoms with Crippen molar-refractivity contribution in [2.75, 3.05) is 28.6 Å². The Bertz CT molecular complexity index is 1510. The fourth-order valence-corrected chi connectivity index (χ4v) is 4.75. The molecule has 0 bridgehead atoms. The zero-order valence-corrected chi connectivity index (χ0v) is 21.5. The summed E-state index contributed by atoms with van der Waals surface area (Å²) in [5.41, 5.74) is 6.67. The Balaban J connectivity index is 1.34. The van der Waals surface area contributed by atoms with Crippen LogP contribution in [0.2, 0.25) is 0 Å². The first-order chi connectivity index (χ1) is 19.1. The van der Waals surface area contributed by atoms with Gasteiger partial charge in [-0.3, -0.25) is 4.79 Å². The fourth-order valence-electron chi connectivity index (χ4n) is 4.75. The predicted octanol–water partition coefficient (Wildman–Crippen LogP) is 5.74. The van der Waals surface area contributed by atoms with E-state index in [0.29, 0.717) is 35.6 Å². The second kappa shape index (κ2) is 12.0. The average Bonchev–Trinajstić information content (AvgIpc) is 2.97. The molecule has 7 nitrogen and oxygen atoms in total. The minimum Gasteiger partial charge on any atom is -0.366 e. The molecule has 0 radical (unpaired) electrons. The van der Waals surface area contributed by atoms with Crippen molar-refractivity contribution < 1.29 is 9.59 Å². The molecule has 3 N–H and O–H groups in total. The Kier molecular flexibility index (Phi) is 7.84. The minimum absolute atomic E-state index is 0.184. The Labute approximate surface area is 228 Å². The van der Waals surface area contributed by atoms with Crippen LogP contribution in [0, 0.1) is 11.3 Å². The van der Waals surface area contributed by atoms with Crippen LogP contribution in [-0.4, -0.2) is 25.0 Å². The number of hydrogen-bond acceptors (Lipinski definition) is 4. The van der Waals surface area contributed by atoms with Gasteiger partial charge in [-0.2, -0.15) is 5.26 Å². The van der Waals surface area contributed by atoms with Gasteiger partial charge in [-0.1, -0.05) is 54.6 Å². The van der Waals surface area contributed by atoms with Gasteiger partial charge in [-0.15, -0.1) is 0 Å².